The molecule has 100 valence electrons. The van der Waals surface area contributed by atoms with Crippen LogP contribution in [0.5, 0.6) is 5.75 Å². The van der Waals surface area contributed by atoms with Gasteiger partial charge in [0, 0.05) is 0 Å². The molecule has 0 radical (unpaired) electrons. The molecular weight excluding hydrogens is 229 g/mol. The van der Waals surface area contributed by atoms with Gasteiger partial charge in [0.05, 0.1) is 7.11 Å². The van der Waals surface area contributed by atoms with E-state index < -0.39 is 0 Å². The van der Waals surface area contributed by atoms with Gasteiger partial charge in [-0.3, -0.25) is 0 Å². The van der Waals surface area contributed by atoms with E-state index in [0.29, 0.717) is 0 Å². The first-order valence-electron chi connectivity index (χ1n) is 6.40. The zero-order valence-corrected chi connectivity index (χ0v) is 11.4. The van der Waals surface area contributed by atoms with Crippen molar-refractivity contribution in [1.82, 2.24) is 5.32 Å². The monoisotopic (exact) mass is 251 g/mol. The van der Waals surface area contributed by atoms with Crippen LogP contribution in [0, 0.1) is 5.82 Å². The summed E-state index contributed by atoms with van der Waals surface area (Å²) in [6.07, 6.45) is 4.23. The maximum absolute atomic E-state index is 13.5. The van der Waals surface area contributed by atoms with Gasteiger partial charge >= 0.3 is 0 Å². The van der Waals surface area contributed by atoms with Crippen molar-refractivity contribution < 1.29 is 9.13 Å². The lowest BCUT2D eigenvalue weighted by molar-refractivity contribution is 0.386. The van der Waals surface area contributed by atoms with Crippen LogP contribution in [-0.2, 0) is 0 Å². The van der Waals surface area contributed by atoms with E-state index in [1.165, 1.54) is 13.2 Å². The molecule has 0 heterocycles. The van der Waals surface area contributed by atoms with Crippen molar-refractivity contribution in [2.45, 2.75) is 26.7 Å². The molecule has 0 saturated carbocycles. The van der Waals surface area contributed by atoms with Crippen LogP contribution in [0.4, 0.5) is 4.39 Å². The molecule has 1 aromatic rings. The maximum atomic E-state index is 13.5. The Morgan fingerprint density at radius 1 is 1.39 bits per heavy atom. The molecule has 0 unspecified atom stereocenters. The normalized spacial score (nSPS) is 11.7. The number of nitrogens with one attached hydrogen (secondary N) is 1. The first kappa shape index (κ1) is 14.7. The van der Waals surface area contributed by atoms with Gasteiger partial charge in [-0.1, -0.05) is 19.1 Å². The Morgan fingerprint density at radius 2 is 2.17 bits per heavy atom. The lowest BCUT2D eigenvalue weighted by atomic mass is 10.1. The first-order chi connectivity index (χ1) is 8.69. The number of hydrogen-bond donors (Lipinski definition) is 1. The zero-order valence-electron chi connectivity index (χ0n) is 11.4. The van der Waals surface area contributed by atoms with Gasteiger partial charge in [-0.15, -0.1) is 0 Å². The van der Waals surface area contributed by atoms with E-state index in [9.17, 15) is 4.39 Å². The van der Waals surface area contributed by atoms with Gasteiger partial charge in [0.2, 0.25) is 0 Å². The summed E-state index contributed by atoms with van der Waals surface area (Å²) in [5.41, 5.74) is 2.00. The van der Waals surface area contributed by atoms with Crippen molar-refractivity contribution >= 4 is 5.57 Å². The van der Waals surface area contributed by atoms with Crippen molar-refractivity contribution in [2.75, 3.05) is 20.2 Å². The fraction of sp³-hybridized carbons (Fsp3) is 0.467. The van der Waals surface area contributed by atoms with Crippen molar-refractivity contribution in [3.63, 3.8) is 0 Å². The lowest BCUT2D eigenvalue weighted by Crippen LogP contribution is -2.15. The van der Waals surface area contributed by atoms with Crippen LogP contribution in [0.3, 0.4) is 0 Å². The molecule has 2 nitrogen and oxygen atoms in total. The molecule has 0 spiro atoms. The SMILES string of the molecule is CCCNCCC=C(C)c1ccc(OC)c(F)c1. The van der Waals surface area contributed by atoms with Gasteiger partial charge < -0.3 is 10.1 Å². The molecule has 0 atom stereocenters. The highest BCUT2D eigenvalue weighted by molar-refractivity contribution is 5.64. The van der Waals surface area contributed by atoms with Crippen molar-refractivity contribution in [2.24, 2.45) is 0 Å². The minimum atomic E-state index is -0.313. The largest absolute Gasteiger partial charge is 0.494 e. The highest BCUT2D eigenvalue weighted by Crippen LogP contribution is 2.22. The third kappa shape index (κ3) is 4.49. The van der Waals surface area contributed by atoms with Crippen LogP contribution in [-0.4, -0.2) is 20.2 Å². The third-order valence-electron chi connectivity index (χ3n) is 2.81. The molecule has 1 rings (SSSR count). The minimum absolute atomic E-state index is 0.288. The molecule has 3 heteroatoms. The van der Waals surface area contributed by atoms with E-state index in [1.807, 2.05) is 13.0 Å². The van der Waals surface area contributed by atoms with Gasteiger partial charge in [-0.2, -0.15) is 0 Å². The smallest absolute Gasteiger partial charge is 0.165 e. The highest BCUT2D eigenvalue weighted by Gasteiger charge is 2.04. The number of hydrogen-bond acceptors (Lipinski definition) is 2. The van der Waals surface area contributed by atoms with Crippen LogP contribution in [0.15, 0.2) is 24.3 Å². The second-order valence-corrected chi connectivity index (χ2v) is 4.28. The van der Waals surface area contributed by atoms with Gasteiger partial charge in [0.25, 0.3) is 0 Å². The van der Waals surface area contributed by atoms with Crippen molar-refractivity contribution in [1.29, 1.82) is 0 Å². The fourth-order valence-corrected chi connectivity index (χ4v) is 1.72. The van der Waals surface area contributed by atoms with Crippen molar-refractivity contribution in [3.05, 3.63) is 35.7 Å². The number of halogens is 1. The molecule has 1 aromatic carbocycles. The summed E-state index contributed by atoms with van der Waals surface area (Å²) in [5.74, 6) is -0.0250. The number of rotatable bonds is 7. The minimum Gasteiger partial charge on any atom is -0.494 e. The Bertz CT molecular complexity index is 401. The van der Waals surface area contributed by atoms with Crippen LogP contribution < -0.4 is 10.1 Å². The Kier molecular flexibility index (Phi) is 6.44. The average Bonchev–Trinajstić information content (AvgIpc) is 2.38. The van der Waals surface area contributed by atoms with E-state index in [0.717, 1.165) is 37.1 Å². The summed E-state index contributed by atoms with van der Waals surface area (Å²) >= 11 is 0. The second kappa shape index (κ2) is 7.88. The number of methoxy groups -OCH3 is 1. The maximum Gasteiger partial charge on any atom is 0.165 e. The molecule has 0 aliphatic rings. The molecule has 0 aromatic heterocycles. The van der Waals surface area contributed by atoms with Crippen LogP contribution in [0.1, 0.15) is 32.3 Å². The summed E-state index contributed by atoms with van der Waals surface area (Å²) in [4.78, 5) is 0. The summed E-state index contributed by atoms with van der Waals surface area (Å²) in [7, 11) is 1.47. The first-order valence-corrected chi connectivity index (χ1v) is 6.40. The topological polar surface area (TPSA) is 21.3 Å². The molecule has 0 fully saturated rings. The van der Waals surface area contributed by atoms with E-state index in [2.05, 4.69) is 18.3 Å². The molecule has 0 aliphatic carbocycles. The van der Waals surface area contributed by atoms with E-state index in [4.69, 9.17) is 4.74 Å². The molecule has 0 saturated heterocycles. The number of benzene rings is 1. The Balaban J connectivity index is 2.57. The standard InChI is InChI=1S/C15H22FNO/c1-4-9-17-10-5-6-12(2)13-7-8-15(18-3)14(16)11-13/h6-8,11,17H,4-5,9-10H2,1-3H3. The molecular formula is C15H22FNO. The van der Waals surface area contributed by atoms with Gasteiger partial charge in [-0.05, 0) is 56.1 Å². The molecule has 0 aliphatic heterocycles. The Morgan fingerprint density at radius 3 is 2.78 bits per heavy atom. The Hall–Kier alpha value is -1.35. The highest BCUT2D eigenvalue weighted by atomic mass is 19.1. The lowest BCUT2D eigenvalue weighted by Gasteiger charge is -2.06. The summed E-state index contributed by atoms with van der Waals surface area (Å²) in [6.45, 7) is 6.16. The molecule has 18 heavy (non-hydrogen) atoms. The van der Waals surface area contributed by atoms with E-state index in [-0.39, 0.29) is 11.6 Å². The molecule has 0 amide bonds. The Labute approximate surface area is 109 Å². The average molecular weight is 251 g/mol. The van der Waals surface area contributed by atoms with E-state index in [1.54, 1.807) is 6.07 Å². The van der Waals surface area contributed by atoms with Crippen LogP contribution in [0.2, 0.25) is 0 Å². The zero-order chi connectivity index (χ0) is 13.4. The van der Waals surface area contributed by atoms with Gasteiger partial charge in [-0.25, -0.2) is 4.39 Å². The van der Waals surface area contributed by atoms with E-state index >= 15 is 0 Å². The number of ether oxygens (including phenoxy) is 1. The molecule has 1 N–H and O–H groups in total. The predicted molar refractivity (Wildman–Crippen MR) is 74.4 cm³/mol. The summed E-state index contributed by atoms with van der Waals surface area (Å²) < 4.78 is 18.4. The van der Waals surface area contributed by atoms with Crippen LogP contribution in [0.25, 0.3) is 5.57 Å². The summed E-state index contributed by atoms with van der Waals surface area (Å²) in [6, 6.07) is 5.06. The fourth-order valence-electron chi connectivity index (χ4n) is 1.72. The molecule has 0 bridgehead atoms. The number of allylic oxidation sites excluding steroid dienone is 1. The van der Waals surface area contributed by atoms with Gasteiger partial charge in [0.1, 0.15) is 0 Å². The predicted octanol–water partition coefficient (Wildman–Crippen LogP) is 3.63. The van der Waals surface area contributed by atoms with Crippen LogP contribution >= 0.6 is 0 Å². The van der Waals surface area contributed by atoms with Gasteiger partial charge in [0.15, 0.2) is 11.6 Å². The second-order valence-electron chi connectivity index (χ2n) is 4.28. The summed E-state index contributed by atoms with van der Waals surface area (Å²) in [5, 5.41) is 3.33. The quantitative estimate of drug-likeness (QED) is 0.747. The third-order valence-corrected chi connectivity index (χ3v) is 2.81. The van der Waals surface area contributed by atoms with Crippen molar-refractivity contribution in [3.8, 4) is 5.75 Å².